The summed E-state index contributed by atoms with van der Waals surface area (Å²) in [5.74, 6) is 0.226. The van der Waals surface area contributed by atoms with Crippen molar-refractivity contribution in [3.63, 3.8) is 0 Å². The zero-order chi connectivity index (χ0) is 22.5. The van der Waals surface area contributed by atoms with E-state index in [0.29, 0.717) is 34.3 Å². The van der Waals surface area contributed by atoms with Gasteiger partial charge in [0.05, 0.1) is 18.2 Å². The van der Waals surface area contributed by atoms with Crippen LogP contribution in [0.5, 0.6) is 0 Å². The molecular weight excluding hydrogens is 432 g/mol. The first-order valence-electron chi connectivity index (χ1n) is 10.5. The lowest BCUT2D eigenvalue weighted by Gasteiger charge is -2.37. The molecule has 0 radical (unpaired) electrons. The Labute approximate surface area is 191 Å². The van der Waals surface area contributed by atoms with Crippen molar-refractivity contribution in [3.8, 4) is 0 Å². The standard InChI is InChI=1S/C22H25ClN6O3/c1-2-32-20(30)18-17(26-22(31)27-19(18)15-6-3-4-7-16(15)23)14-28-10-12-29(13-11-28)21-24-8-5-9-25-21/h3-9,19H,2,10-14H2,1H3,(H2,26,27,31)/t19-/m1/s1. The number of ether oxygens (including phenoxy) is 1. The van der Waals surface area contributed by atoms with Gasteiger partial charge < -0.3 is 20.3 Å². The van der Waals surface area contributed by atoms with Gasteiger partial charge in [-0.25, -0.2) is 19.6 Å². The maximum absolute atomic E-state index is 12.9. The summed E-state index contributed by atoms with van der Waals surface area (Å²) >= 11 is 6.39. The maximum atomic E-state index is 12.9. The van der Waals surface area contributed by atoms with Gasteiger partial charge in [-0.3, -0.25) is 4.90 Å². The molecule has 0 spiro atoms. The van der Waals surface area contributed by atoms with Crippen LogP contribution in [0.1, 0.15) is 18.5 Å². The molecule has 0 bridgehead atoms. The first kappa shape index (κ1) is 22.0. The van der Waals surface area contributed by atoms with Gasteiger partial charge in [0, 0.05) is 55.8 Å². The van der Waals surface area contributed by atoms with Crippen molar-refractivity contribution in [2.24, 2.45) is 0 Å². The van der Waals surface area contributed by atoms with E-state index in [1.807, 2.05) is 6.07 Å². The number of hydrogen-bond donors (Lipinski definition) is 2. The summed E-state index contributed by atoms with van der Waals surface area (Å²) in [4.78, 5) is 38.3. The first-order valence-corrected chi connectivity index (χ1v) is 10.9. The highest BCUT2D eigenvalue weighted by Crippen LogP contribution is 2.32. The molecule has 2 aliphatic heterocycles. The number of halogens is 1. The van der Waals surface area contributed by atoms with Gasteiger partial charge in [-0.05, 0) is 24.6 Å². The Morgan fingerprint density at radius 2 is 1.88 bits per heavy atom. The summed E-state index contributed by atoms with van der Waals surface area (Å²) in [7, 11) is 0. The highest BCUT2D eigenvalue weighted by Gasteiger charge is 2.35. The van der Waals surface area contributed by atoms with Crippen LogP contribution in [0.15, 0.2) is 54.0 Å². The van der Waals surface area contributed by atoms with Crippen molar-refractivity contribution in [2.75, 3.05) is 44.2 Å². The third-order valence-corrected chi connectivity index (χ3v) is 5.80. The molecule has 4 rings (SSSR count). The minimum atomic E-state index is -0.689. The normalized spacial score (nSPS) is 19.4. The molecule has 168 valence electrons. The summed E-state index contributed by atoms with van der Waals surface area (Å²) in [6.07, 6.45) is 3.45. The highest BCUT2D eigenvalue weighted by atomic mass is 35.5. The van der Waals surface area contributed by atoms with Crippen molar-refractivity contribution in [1.82, 2.24) is 25.5 Å². The molecule has 2 aromatic rings. The molecule has 2 aliphatic rings. The van der Waals surface area contributed by atoms with Crippen LogP contribution in [0.2, 0.25) is 5.02 Å². The molecule has 2 N–H and O–H groups in total. The van der Waals surface area contributed by atoms with Crippen molar-refractivity contribution < 1.29 is 14.3 Å². The highest BCUT2D eigenvalue weighted by molar-refractivity contribution is 6.31. The smallest absolute Gasteiger partial charge is 0.338 e. The number of carbonyl (C=O) groups excluding carboxylic acids is 2. The average molecular weight is 457 g/mol. The van der Waals surface area contributed by atoms with Crippen LogP contribution >= 0.6 is 11.6 Å². The van der Waals surface area contributed by atoms with Gasteiger partial charge in [-0.2, -0.15) is 0 Å². The molecule has 2 amide bonds. The maximum Gasteiger partial charge on any atom is 0.338 e. The number of amides is 2. The number of carbonyl (C=O) groups is 2. The quantitative estimate of drug-likeness (QED) is 0.642. The van der Waals surface area contributed by atoms with E-state index in [4.69, 9.17) is 16.3 Å². The van der Waals surface area contributed by atoms with Gasteiger partial charge in [0.2, 0.25) is 5.95 Å². The largest absolute Gasteiger partial charge is 0.463 e. The molecule has 32 heavy (non-hydrogen) atoms. The van der Waals surface area contributed by atoms with Gasteiger partial charge in [0.15, 0.2) is 0 Å². The van der Waals surface area contributed by atoms with Crippen LogP contribution in [0.25, 0.3) is 0 Å². The van der Waals surface area contributed by atoms with Gasteiger partial charge in [-0.15, -0.1) is 0 Å². The predicted octanol–water partition coefficient (Wildman–Crippen LogP) is 2.12. The third-order valence-electron chi connectivity index (χ3n) is 5.45. The lowest BCUT2D eigenvalue weighted by Crippen LogP contribution is -2.52. The average Bonchev–Trinajstić information content (AvgIpc) is 2.80. The van der Waals surface area contributed by atoms with E-state index in [1.54, 1.807) is 43.6 Å². The van der Waals surface area contributed by atoms with E-state index < -0.39 is 12.0 Å². The molecular formula is C22H25ClN6O3. The van der Waals surface area contributed by atoms with Crippen molar-refractivity contribution in [3.05, 3.63) is 64.6 Å². The van der Waals surface area contributed by atoms with E-state index >= 15 is 0 Å². The van der Waals surface area contributed by atoms with Gasteiger partial charge in [0.1, 0.15) is 0 Å². The van der Waals surface area contributed by atoms with Gasteiger partial charge in [-0.1, -0.05) is 29.8 Å². The summed E-state index contributed by atoms with van der Waals surface area (Å²) in [6, 6.07) is 7.88. The van der Waals surface area contributed by atoms with Gasteiger partial charge >= 0.3 is 12.0 Å². The number of aromatic nitrogens is 2. The van der Waals surface area contributed by atoms with E-state index in [0.717, 1.165) is 26.2 Å². The molecule has 0 unspecified atom stereocenters. The number of anilines is 1. The van der Waals surface area contributed by atoms with Crippen LogP contribution in [-0.2, 0) is 9.53 Å². The van der Waals surface area contributed by atoms with Crippen molar-refractivity contribution >= 4 is 29.5 Å². The molecule has 0 aliphatic carbocycles. The lowest BCUT2D eigenvalue weighted by atomic mass is 9.95. The third kappa shape index (κ3) is 4.84. The van der Waals surface area contributed by atoms with Crippen LogP contribution < -0.4 is 15.5 Å². The Morgan fingerprint density at radius 3 is 2.56 bits per heavy atom. The summed E-state index contributed by atoms with van der Waals surface area (Å²) < 4.78 is 5.33. The van der Waals surface area contributed by atoms with Crippen LogP contribution in [-0.4, -0.2) is 66.2 Å². The molecule has 1 saturated heterocycles. The van der Waals surface area contributed by atoms with E-state index in [2.05, 4.69) is 30.4 Å². The van der Waals surface area contributed by atoms with Crippen molar-refractivity contribution in [2.45, 2.75) is 13.0 Å². The fraction of sp³-hybridized carbons (Fsp3) is 0.364. The van der Waals surface area contributed by atoms with Crippen LogP contribution in [0, 0.1) is 0 Å². The summed E-state index contributed by atoms with van der Waals surface area (Å²) in [5.41, 5.74) is 1.55. The zero-order valence-electron chi connectivity index (χ0n) is 17.8. The Bertz CT molecular complexity index is 1010. The number of benzene rings is 1. The van der Waals surface area contributed by atoms with Crippen LogP contribution in [0.4, 0.5) is 10.7 Å². The Kier molecular flexibility index (Phi) is 6.87. The van der Waals surface area contributed by atoms with E-state index in [-0.39, 0.29) is 12.6 Å². The Morgan fingerprint density at radius 1 is 1.16 bits per heavy atom. The Balaban J connectivity index is 1.57. The molecule has 9 nitrogen and oxygen atoms in total. The zero-order valence-corrected chi connectivity index (χ0v) is 18.5. The minimum Gasteiger partial charge on any atom is -0.463 e. The number of rotatable bonds is 6. The lowest BCUT2D eigenvalue weighted by molar-refractivity contribution is -0.139. The van der Waals surface area contributed by atoms with Gasteiger partial charge in [0.25, 0.3) is 0 Å². The molecule has 1 aromatic heterocycles. The fourth-order valence-corrected chi connectivity index (χ4v) is 4.16. The number of hydrogen-bond acceptors (Lipinski definition) is 7. The monoisotopic (exact) mass is 456 g/mol. The first-order chi connectivity index (χ1) is 15.6. The predicted molar refractivity (Wildman–Crippen MR) is 120 cm³/mol. The summed E-state index contributed by atoms with van der Waals surface area (Å²) in [5, 5.41) is 6.11. The van der Waals surface area contributed by atoms with E-state index in [1.165, 1.54) is 0 Å². The SMILES string of the molecule is CCOC(=O)C1=C(CN2CCN(c3ncccn3)CC2)NC(=O)N[C@@H]1c1ccccc1Cl. The number of nitrogens with one attached hydrogen (secondary N) is 2. The minimum absolute atomic E-state index is 0.231. The van der Waals surface area contributed by atoms with Crippen LogP contribution in [0.3, 0.4) is 0 Å². The number of esters is 1. The second-order valence-electron chi connectivity index (χ2n) is 7.48. The number of urea groups is 1. The molecule has 3 heterocycles. The van der Waals surface area contributed by atoms with Crippen molar-refractivity contribution in [1.29, 1.82) is 0 Å². The molecule has 0 saturated carbocycles. The summed E-state index contributed by atoms with van der Waals surface area (Å²) in [6.45, 7) is 5.34. The topological polar surface area (TPSA) is 99.7 Å². The number of nitrogens with zero attached hydrogens (tertiary/aromatic N) is 4. The Hall–Kier alpha value is -3.17. The molecule has 10 heteroatoms. The molecule has 1 atom stereocenters. The molecule has 1 aromatic carbocycles. The number of piperazine rings is 1. The van der Waals surface area contributed by atoms with E-state index in [9.17, 15) is 9.59 Å². The molecule has 1 fully saturated rings. The second-order valence-corrected chi connectivity index (χ2v) is 7.88. The fourth-order valence-electron chi connectivity index (χ4n) is 3.92. The second kappa shape index (κ2) is 9.97.